The van der Waals surface area contributed by atoms with Crippen LogP contribution in [0.15, 0.2) is 11.6 Å². The van der Waals surface area contributed by atoms with Crippen LogP contribution in [0.4, 0.5) is 0 Å². The summed E-state index contributed by atoms with van der Waals surface area (Å²) in [6.07, 6.45) is 9.32. The first-order valence-electron chi connectivity index (χ1n) is 4.44. The summed E-state index contributed by atoms with van der Waals surface area (Å²) in [4.78, 5) is 4.17. The molecule has 1 N–H and O–H groups in total. The number of rotatable bonds is 5. The average molecular weight is 194 g/mol. The monoisotopic (exact) mass is 194 g/mol. The van der Waals surface area contributed by atoms with Crippen molar-refractivity contribution in [3.05, 3.63) is 16.6 Å². The highest BCUT2D eigenvalue weighted by Crippen LogP contribution is 2.04. The number of nitrogens with zero attached hydrogens (tertiary/aromatic N) is 1. The highest BCUT2D eigenvalue weighted by Gasteiger charge is 2.02. The lowest BCUT2D eigenvalue weighted by atomic mass is 10.2. The molecule has 0 saturated carbocycles. The maximum Gasteiger partial charge on any atom is 0.106 e. The maximum atomic E-state index is 5.37. The van der Waals surface area contributed by atoms with Gasteiger partial charge in [-0.1, -0.05) is 19.3 Å². The Bertz CT molecular complexity index is 261. The van der Waals surface area contributed by atoms with E-state index in [1.807, 2.05) is 11.6 Å². The molecule has 70 valence electrons. The second-order valence-electron chi connectivity index (χ2n) is 2.81. The van der Waals surface area contributed by atoms with E-state index in [9.17, 15) is 0 Å². The summed E-state index contributed by atoms with van der Waals surface area (Å²) >= 11 is 1.65. The molecule has 0 aliphatic rings. The third-order valence-electron chi connectivity index (χ3n) is 1.76. The van der Waals surface area contributed by atoms with Gasteiger partial charge in [-0.15, -0.1) is 17.8 Å². The van der Waals surface area contributed by atoms with Crippen molar-refractivity contribution in [3.8, 4) is 12.3 Å². The van der Waals surface area contributed by atoms with Gasteiger partial charge in [-0.3, -0.25) is 5.32 Å². The molecular weight excluding hydrogens is 180 g/mol. The summed E-state index contributed by atoms with van der Waals surface area (Å²) in [5, 5.41) is 6.35. The minimum Gasteiger partial charge on any atom is -0.297 e. The normalized spacial score (nSPS) is 12.3. The van der Waals surface area contributed by atoms with Crippen LogP contribution in [0.25, 0.3) is 0 Å². The van der Waals surface area contributed by atoms with E-state index in [1.165, 1.54) is 0 Å². The van der Waals surface area contributed by atoms with Crippen LogP contribution in [0.2, 0.25) is 0 Å². The highest BCUT2D eigenvalue weighted by atomic mass is 32.1. The lowest BCUT2D eigenvalue weighted by Crippen LogP contribution is -2.26. The molecule has 13 heavy (non-hydrogen) atoms. The van der Waals surface area contributed by atoms with Gasteiger partial charge in [-0.05, 0) is 6.42 Å². The molecule has 0 aliphatic carbocycles. The van der Waals surface area contributed by atoms with Crippen LogP contribution in [0.5, 0.6) is 0 Å². The van der Waals surface area contributed by atoms with Gasteiger partial charge in [0.05, 0.1) is 6.04 Å². The van der Waals surface area contributed by atoms with Crippen molar-refractivity contribution in [2.24, 2.45) is 0 Å². The Balaban J connectivity index is 2.29. The van der Waals surface area contributed by atoms with E-state index in [2.05, 4.69) is 23.1 Å². The molecule has 0 amide bonds. The standard InChI is InChI=1S/C10H14N2S/c1-3-5-9(4-2)12-8-10-11-6-7-13-10/h2,6-7,9,12H,3,5,8H2,1H3. The second kappa shape index (κ2) is 5.74. The first-order valence-corrected chi connectivity index (χ1v) is 5.32. The maximum absolute atomic E-state index is 5.37. The molecule has 0 spiro atoms. The minimum absolute atomic E-state index is 0.189. The number of hydrogen-bond acceptors (Lipinski definition) is 3. The van der Waals surface area contributed by atoms with E-state index < -0.39 is 0 Å². The van der Waals surface area contributed by atoms with Crippen LogP contribution in [0.1, 0.15) is 24.8 Å². The molecule has 1 heterocycles. The summed E-state index contributed by atoms with van der Waals surface area (Å²) < 4.78 is 0. The predicted octanol–water partition coefficient (Wildman–Crippen LogP) is 2.03. The van der Waals surface area contributed by atoms with Crippen molar-refractivity contribution in [1.29, 1.82) is 0 Å². The van der Waals surface area contributed by atoms with E-state index in [4.69, 9.17) is 6.42 Å². The zero-order chi connectivity index (χ0) is 9.52. The number of aromatic nitrogens is 1. The van der Waals surface area contributed by atoms with Gasteiger partial charge >= 0.3 is 0 Å². The fourth-order valence-electron chi connectivity index (χ4n) is 1.08. The molecule has 1 unspecified atom stereocenters. The Morgan fingerprint density at radius 1 is 1.77 bits per heavy atom. The van der Waals surface area contributed by atoms with Crippen LogP contribution >= 0.6 is 11.3 Å². The molecule has 0 fully saturated rings. The molecule has 1 aromatic rings. The predicted molar refractivity (Wildman–Crippen MR) is 56.5 cm³/mol. The molecule has 0 bridgehead atoms. The number of thiazole rings is 1. The van der Waals surface area contributed by atoms with Crippen molar-refractivity contribution >= 4 is 11.3 Å². The first-order chi connectivity index (χ1) is 6.36. The summed E-state index contributed by atoms with van der Waals surface area (Å²) in [5.74, 6) is 2.73. The molecule has 0 radical (unpaired) electrons. The molecule has 1 aromatic heterocycles. The van der Waals surface area contributed by atoms with E-state index in [1.54, 1.807) is 11.3 Å². The zero-order valence-electron chi connectivity index (χ0n) is 7.79. The number of hydrogen-bond donors (Lipinski definition) is 1. The van der Waals surface area contributed by atoms with Crippen molar-refractivity contribution in [3.63, 3.8) is 0 Å². The largest absolute Gasteiger partial charge is 0.297 e. The smallest absolute Gasteiger partial charge is 0.106 e. The van der Waals surface area contributed by atoms with Crippen LogP contribution in [-0.2, 0) is 6.54 Å². The van der Waals surface area contributed by atoms with E-state index >= 15 is 0 Å². The Morgan fingerprint density at radius 3 is 3.15 bits per heavy atom. The Hall–Kier alpha value is -0.850. The Labute approximate surface area is 83.4 Å². The third-order valence-corrected chi connectivity index (χ3v) is 2.54. The van der Waals surface area contributed by atoms with Gasteiger partial charge in [0.25, 0.3) is 0 Å². The Morgan fingerprint density at radius 2 is 2.62 bits per heavy atom. The lowest BCUT2D eigenvalue weighted by Gasteiger charge is -2.09. The quantitative estimate of drug-likeness (QED) is 0.725. The first kappa shape index (κ1) is 10.2. The number of nitrogens with one attached hydrogen (secondary N) is 1. The molecule has 0 saturated heterocycles. The fraction of sp³-hybridized carbons (Fsp3) is 0.500. The minimum atomic E-state index is 0.189. The topological polar surface area (TPSA) is 24.9 Å². The zero-order valence-corrected chi connectivity index (χ0v) is 8.60. The number of terminal acetylenes is 1. The molecule has 1 atom stereocenters. The summed E-state index contributed by atoms with van der Waals surface area (Å²) in [5.41, 5.74) is 0. The van der Waals surface area contributed by atoms with Gasteiger partial charge in [0.1, 0.15) is 5.01 Å². The molecule has 0 aromatic carbocycles. The second-order valence-corrected chi connectivity index (χ2v) is 3.79. The van der Waals surface area contributed by atoms with Gasteiger partial charge in [0.2, 0.25) is 0 Å². The van der Waals surface area contributed by atoms with Crippen LogP contribution in [0.3, 0.4) is 0 Å². The molecule has 3 heteroatoms. The summed E-state index contributed by atoms with van der Waals surface area (Å²) in [7, 11) is 0. The fourth-order valence-corrected chi connectivity index (χ4v) is 1.65. The highest BCUT2D eigenvalue weighted by molar-refractivity contribution is 7.09. The van der Waals surface area contributed by atoms with Gasteiger partial charge in [0.15, 0.2) is 0 Å². The van der Waals surface area contributed by atoms with Crippen molar-refractivity contribution in [2.75, 3.05) is 0 Å². The molecule has 1 rings (SSSR count). The molecule has 2 nitrogen and oxygen atoms in total. The van der Waals surface area contributed by atoms with Gasteiger partial charge in [0, 0.05) is 18.1 Å². The third kappa shape index (κ3) is 3.58. The SMILES string of the molecule is C#CC(CCC)NCc1nccs1. The van der Waals surface area contributed by atoms with Crippen molar-refractivity contribution in [1.82, 2.24) is 10.3 Å². The van der Waals surface area contributed by atoms with Crippen LogP contribution < -0.4 is 5.32 Å². The van der Waals surface area contributed by atoms with E-state index in [-0.39, 0.29) is 6.04 Å². The van der Waals surface area contributed by atoms with E-state index in [0.717, 1.165) is 24.4 Å². The Kier molecular flexibility index (Phi) is 4.52. The molecular formula is C10H14N2S. The van der Waals surface area contributed by atoms with Crippen molar-refractivity contribution in [2.45, 2.75) is 32.4 Å². The summed E-state index contributed by atoms with van der Waals surface area (Å²) in [6.45, 7) is 2.92. The summed E-state index contributed by atoms with van der Waals surface area (Å²) in [6, 6.07) is 0.189. The van der Waals surface area contributed by atoms with Crippen LogP contribution in [-0.4, -0.2) is 11.0 Å². The van der Waals surface area contributed by atoms with Gasteiger partial charge in [-0.25, -0.2) is 4.98 Å². The van der Waals surface area contributed by atoms with Crippen LogP contribution in [0, 0.1) is 12.3 Å². The van der Waals surface area contributed by atoms with Gasteiger partial charge in [-0.2, -0.15) is 0 Å². The van der Waals surface area contributed by atoms with E-state index in [0.29, 0.717) is 0 Å². The lowest BCUT2D eigenvalue weighted by molar-refractivity contribution is 0.562. The van der Waals surface area contributed by atoms with Crippen molar-refractivity contribution < 1.29 is 0 Å². The van der Waals surface area contributed by atoms with Gasteiger partial charge < -0.3 is 0 Å². The molecule has 0 aliphatic heterocycles. The average Bonchev–Trinajstić information content (AvgIpc) is 2.64.